The minimum absolute atomic E-state index is 0.00975. The molecule has 2 heterocycles. The van der Waals surface area contributed by atoms with Crippen molar-refractivity contribution < 1.29 is 4.74 Å². The second-order valence-corrected chi connectivity index (χ2v) is 6.26. The smallest absolute Gasteiger partial charge is 0.110 e. The van der Waals surface area contributed by atoms with Crippen LogP contribution in [-0.2, 0) is 4.74 Å². The summed E-state index contributed by atoms with van der Waals surface area (Å²) in [4.78, 5) is 0. The Morgan fingerprint density at radius 1 is 1.67 bits per heavy atom. The predicted octanol–water partition coefficient (Wildman–Crippen LogP) is 1.55. The third kappa shape index (κ3) is 0.588. The van der Waals surface area contributed by atoms with E-state index in [2.05, 4.69) is 13.8 Å². The first kappa shape index (κ1) is 7.75. The zero-order valence-corrected chi connectivity index (χ0v) is 8.36. The van der Waals surface area contributed by atoms with Crippen molar-refractivity contribution in [2.24, 2.45) is 5.92 Å². The number of ether oxygens (including phenoxy) is 1. The van der Waals surface area contributed by atoms with Gasteiger partial charge in [-0.05, 0) is 19.8 Å². The molecule has 2 aliphatic heterocycles. The Hall–Kier alpha value is 0.375. The highest BCUT2D eigenvalue weighted by molar-refractivity contribution is 8.03. The summed E-state index contributed by atoms with van der Waals surface area (Å²) in [6, 6.07) is 0.00975. The van der Waals surface area contributed by atoms with Crippen LogP contribution in [0.4, 0.5) is 0 Å². The van der Waals surface area contributed by atoms with E-state index in [9.17, 15) is 0 Å². The summed E-state index contributed by atoms with van der Waals surface area (Å²) < 4.78 is 6.40. The Morgan fingerprint density at radius 2 is 2.42 bits per heavy atom. The Morgan fingerprint density at radius 3 is 2.92 bits per heavy atom. The molecular weight excluding hydrogens is 167 g/mol. The van der Waals surface area contributed by atoms with Crippen LogP contribution in [0.2, 0.25) is 0 Å². The molecule has 2 unspecified atom stereocenters. The van der Waals surface area contributed by atoms with E-state index in [1.54, 1.807) is 0 Å². The van der Waals surface area contributed by atoms with Gasteiger partial charge in [0.2, 0.25) is 0 Å². The molecule has 1 aliphatic carbocycles. The van der Waals surface area contributed by atoms with E-state index < -0.39 is 0 Å². The molecule has 0 aromatic rings. The summed E-state index contributed by atoms with van der Waals surface area (Å²) in [6.07, 6.45) is 2.36. The minimum atomic E-state index is 0.00975. The molecule has 0 amide bonds. The molecule has 0 aromatic carbocycles. The number of rotatable bonds is 1. The van der Waals surface area contributed by atoms with Gasteiger partial charge < -0.3 is 4.74 Å². The normalized spacial score (nSPS) is 66.7. The van der Waals surface area contributed by atoms with Crippen LogP contribution in [-0.4, -0.2) is 29.4 Å². The van der Waals surface area contributed by atoms with E-state index in [4.69, 9.17) is 12.6 Å². The lowest BCUT2D eigenvalue weighted by Crippen LogP contribution is -2.69. The first-order chi connectivity index (χ1) is 5.61. The summed E-state index contributed by atoms with van der Waals surface area (Å²) >= 11 is 2.04. The lowest BCUT2D eigenvalue weighted by atomic mass is 9.58. The van der Waals surface area contributed by atoms with E-state index >= 15 is 0 Å². The Balaban J connectivity index is 1.94. The van der Waals surface area contributed by atoms with Gasteiger partial charge in [-0.15, -0.1) is 11.8 Å². The van der Waals surface area contributed by atoms with Gasteiger partial charge in [-0.2, -0.15) is 0 Å². The highest BCUT2D eigenvalue weighted by Gasteiger charge is 2.76. The molecule has 64 valence electrons. The van der Waals surface area contributed by atoms with Crippen molar-refractivity contribution in [3.05, 3.63) is 0 Å². The topological polar surface area (TPSA) is 9.23 Å². The maximum absolute atomic E-state index is 5.91. The Labute approximate surface area is 79.0 Å². The molecular formula is C9H13BOS. The highest BCUT2D eigenvalue weighted by atomic mass is 32.2. The van der Waals surface area contributed by atoms with Crippen molar-refractivity contribution in [1.29, 1.82) is 0 Å². The maximum atomic E-state index is 5.91. The van der Waals surface area contributed by atoms with Crippen molar-refractivity contribution in [3.63, 3.8) is 0 Å². The second-order valence-electron chi connectivity index (χ2n) is 4.55. The zero-order valence-electron chi connectivity index (χ0n) is 7.54. The van der Waals surface area contributed by atoms with Crippen molar-refractivity contribution >= 4 is 19.6 Å². The monoisotopic (exact) mass is 180 g/mol. The summed E-state index contributed by atoms with van der Waals surface area (Å²) in [6.45, 7) is 4.58. The first-order valence-electron chi connectivity index (χ1n) is 4.72. The van der Waals surface area contributed by atoms with E-state index in [0.29, 0.717) is 10.00 Å². The molecule has 2 radical (unpaired) electrons. The van der Waals surface area contributed by atoms with Crippen molar-refractivity contribution in [2.45, 2.75) is 48.3 Å². The highest BCUT2D eigenvalue weighted by Crippen LogP contribution is 2.74. The average molecular weight is 180 g/mol. The molecule has 3 fully saturated rings. The van der Waals surface area contributed by atoms with Crippen molar-refractivity contribution in [3.8, 4) is 0 Å². The molecule has 3 rings (SSSR count). The molecule has 1 saturated carbocycles. The van der Waals surface area contributed by atoms with Gasteiger partial charge in [-0.25, -0.2) is 0 Å². The molecule has 12 heavy (non-hydrogen) atoms. The van der Waals surface area contributed by atoms with Gasteiger partial charge in [0.05, 0.1) is 5.60 Å². The molecule has 0 aromatic heterocycles. The second kappa shape index (κ2) is 1.90. The summed E-state index contributed by atoms with van der Waals surface area (Å²) in [7, 11) is 5.91. The first-order valence-corrected chi connectivity index (χ1v) is 5.60. The lowest BCUT2D eigenvalue weighted by molar-refractivity contribution is -0.112. The molecule has 3 heteroatoms. The fourth-order valence-electron chi connectivity index (χ4n) is 3.45. The van der Waals surface area contributed by atoms with E-state index in [1.807, 2.05) is 11.8 Å². The van der Waals surface area contributed by atoms with Crippen LogP contribution in [0.25, 0.3) is 0 Å². The quantitative estimate of drug-likeness (QED) is 0.566. The van der Waals surface area contributed by atoms with Crippen LogP contribution in [0.3, 0.4) is 0 Å². The third-order valence-electron chi connectivity index (χ3n) is 3.90. The predicted molar refractivity (Wildman–Crippen MR) is 51.5 cm³/mol. The van der Waals surface area contributed by atoms with E-state index in [1.165, 1.54) is 6.42 Å². The van der Waals surface area contributed by atoms with E-state index in [0.717, 1.165) is 12.3 Å². The molecule has 0 N–H and O–H groups in total. The van der Waals surface area contributed by atoms with Crippen molar-refractivity contribution in [1.82, 2.24) is 0 Å². The molecule has 0 bridgehead atoms. The van der Waals surface area contributed by atoms with Gasteiger partial charge >= 0.3 is 0 Å². The molecule has 1 nitrogen and oxygen atoms in total. The SMILES string of the molecule is [B][C@@H]1O[C@@]2(CC)CC3(C)S[C@H]1C32. The van der Waals surface area contributed by atoms with Gasteiger partial charge in [0.1, 0.15) is 7.85 Å². The standard InChI is InChI=1S/C9H13BOS/c1-3-9-4-8(2)6(9)5(12-8)7(10)11-9/h5-7H,3-4H2,1-2H3/t5-,6?,7+,8?,9-/m0/s1. The van der Waals surface area contributed by atoms with E-state index in [-0.39, 0.29) is 11.6 Å². The maximum Gasteiger partial charge on any atom is 0.110 e. The number of hydrogen-bond donors (Lipinski definition) is 0. The molecule has 2 saturated heterocycles. The number of thioether (sulfide) groups is 1. The van der Waals surface area contributed by atoms with Gasteiger partial charge in [0.15, 0.2) is 0 Å². The molecule has 0 spiro atoms. The van der Waals surface area contributed by atoms with Crippen LogP contribution in [0.15, 0.2) is 0 Å². The van der Waals surface area contributed by atoms with Crippen LogP contribution in [0.1, 0.15) is 26.7 Å². The summed E-state index contributed by atoms with van der Waals surface area (Å²) in [5.41, 5.74) is 0.185. The fourth-order valence-corrected chi connectivity index (χ4v) is 5.55. The Kier molecular flexibility index (Phi) is 1.23. The van der Waals surface area contributed by atoms with Gasteiger partial charge in [0.25, 0.3) is 0 Å². The molecule has 5 atom stereocenters. The van der Waals surface area contributed by atoms with Crippen LogP contribution < -0.4 is 0 Å². The zero-order chi connectivity index (χ0) is 8.56. The van der Waals surface area contributed by atoms with Crippen LogP contribution in [0, 0.1) is 5.92 Å². The molecule has 3 aliphatic rings. The summed E-state index contributed by atoms with van der Waals surface area (Å²) in [5, 5.41) is 0.601. The lowest BCUT2D eigenvalue weighted by Gasteiger charge is -2.65. The summed E-state index contributed by atoms with van der Waals surface area (Å²) in [5.74, 6) is 0.759. The Bertz CT molecular complexity index is 243. The van der Waals surface area contributed by atoms with Gasteiger partial charge in [-0.1, -0.05) is 6.92 Å². The van der Waals surface area contributed by atoms with Crippen molar-refractivity contribution in [2.75, 3.05) is 0 Å². The van der Waals surface area contributed by atoms with Gasteiger partial charge in [-0.3, -0.25) is 0 Å². The third-order valence-corrected chi connectivity index (χ3v) is 5.65. The number of hydrogen-bond acceptors (Lipinski definition) is 2. The van der Waals surface area contributed by atoms with Crippen LogP contribution >= 0.6 is 11.8 Å². The largest absolute Gasteiger partial charge is 0.380 e. The fraction of sp³-hybridized carbons (Fsp3) is 1.00. The van der Waals surface area contributed by atoms with Gasteiger partial charge in [0, 0.05) is 21.9 Å². The minimum Gasteiger partial charge on any atom is -0.380 e. The van der Waals surface area contributed by atoms with Crippen LogP contribution in [0.5, 0.6) is 0 Å². The average Bonchev–Trinajstić information content (AvgIpc) is 2.09.